The minimum Gasteiger partial charge on any atom is -0.349 e. The van der Waals surface area contributed by atoms with Crippen molar-refractivity contribution in [2.75, 3.05) is 5.32 Å². The second-order valence-electron chi connectivity index (χ2n) is 6.65. The van der Waals surface area contributed by atoms with Crippen LogP contribution in [0.3, 0.4) is 0 Å². The van der Waals surface area contributed by atoms with E-state index in [1.165, 1.54) is 16.2 Å². The molecular weight excluding hydrogens is 386 g/mol. The van der Waals surface area contributed by atoms with Crippen LogP contribution in [-0.2, 0) is 22.7 Å². The van der Waals surface area contributed by atoms with Gasteiger partial charge in [-0.25, -0.2) is 0 Å². The predicted molar refractivity (Wildman–Crippen MR) is 111 cm³/mol. The molecule has 0 saturated carbocycles. The lowest BCUT2D eigenvalue weighted by molar-refractivity contribution is -0.133. The summed E-state index contributed by atoms with van der Waals surface area (Å²) in [5, 5.41) is 7.44. The Hall–Kier alpha value is -3.45. The Labute approximate surface area is 172 Å². The van der Waals surface area contributed by atoms with E-state index in [0.717, 1.165) is 10.4 Å². The van der Waals surface area contributed by atoms with Crippen molar-refractivity contribution in [3.8, 4) is 0 Å². The molecule has 1 unspecified atom stereocenters. The van der Waals surface area contributed by atoms with E-state index >= 15 is 0 Å². The van der Waals surface area contributed by atoms with Gasteiger partial charge in [-0.1, -0.05) is 48.5 Å². The van der Waals surface area contributed by atoms with E-state index in [-0.39, 0.29) is 12.5 Å². The molecule has 1 aliphatic rings. The third-order valence-electron chi connectivity index (χ3n) is 4.70. The van der Waals surface area contributed by atoms with E-state index in [1.807, 2.05) is 47.8 Å². The molecule has 1 aliphatic heterocycles. The van der Waals surface area contributed by atoms with Gasteiger partial charge in [-0.15, -0.1) is 11.3 Å². The van der Waals surface area contributed by atoms with Crippen molar-refractivity contribution in [2.45, 2.75) is 19.1 Å². The number of hydrogen-bond acceptors (Lipinski definition) is 4. The van der Waals surface area contributed by atoms with Crippen LogP contribution in [0.15, 0.2) is 72.1 Å². The van der Waals surface area contributed by atoms with Gasteiger partial charge in [0.2, 0.25) is 0 Å². The average molecular weight is 405 g/mol. The zero-order valence-corrected chi connectivity index (χ0v) is 16.3. The minimum atomic E-state index is -1.27. The van der Waals surface area contributed by atoms with E-state index in [4.69, 9.17) is 0 Å². The van der Waals surface area contributed by atoms with Crippen LogP contribution in [0, 0.1) is 0 Å². The van der Waals surface area contributed by atoms with Crippen LogP contribution in [0.5, 0.6) is 0 Å². The van der Waals surface area contributed by atoms with Crippen LogP contribution >= 0.6 is 11.3 Å². The van der Waals surface area contributed by atoms with Gasteiger partial charge in [0.15, 0.2) is 6.04 Å². The summed E-state index contributed by atoms with van der Waals surface area (Å²) in [6.45, 7) is 0.457. The average Bonchev–Trinajstić information content (AvgIpc) is 3.23. The van der Waals surface area contributed by atoms with Gasteiger partial charge in [0.05, 0.1) is 17.8 Å². The number of carbonyl (C=O) groups is 3. The molecule has 1 aromatic heterocycles. The number of anilines is 1. The molecule has 0 bridgehead atoms. The largest absolute Gasteiger partial charge is 0.349 e. The Morgan fingerprint density at radius 1 is 1.00 bits per heavy atom. The third kappa shape index (κ3) is 4.05. The summed E-state index contributed by atoms with van der Waals surface area (Å²) in [6.07, 6.45) is 0. The van der Waals surface area contributed by atoms with Crippen molar-refractivity contribution in [1.82, 2.24) is 10.2 Å². The molecule has 6 nitrogen and oxygen atoms in total. The minimum absolute atomic E-state index is 0.151. The normalized spacial score (nSPS) is 16.0. The zero-order chi connectivity index (χ0) is 20.2. The number of hydrogen-bond donors (Lipinski definition) is 2. The number of nitrogens with zero attached hydrogens (tertiary/aromatic N) is 1. The van der Waals surface area contributed by atoms with E-state index in [1.54, 1.807) is 24.3 Å². The van der Waals surface area contributed by atoms with E-state index in [0.29, 0.717) is 17.8 Å². The quantitative estimate of drug-likeness (QED) is 0.641. The third-order valence-corrected chi connectivity index (χ3v) is 5.57. The topological polar surface area (TPSA) is 78.5 Å². The van der Waals surface area contributed by atoms with Crippen LogP contribution in [0.4, 0.5) is 5.69 Å². The van der Waals surface area contributed by atoms with Gasteiger partial charge >= 0.3 is 0 Å². The Bertz CT molecular complexity index is 1030. The highest BCUT2D eigenvalue weighted by atomic mass is 32.1. The van der Waals surface area contributed by atoms with Crippen molar-refractivity contribution in [3.05, 3.63) is 88.1 Å². The van der Waals surface area contributed by atoms with Crippen LogP contribution in [0.25, 0.3) is 0 Å². The number of benzene rings is 2. The second kappa shape index (κ2) is 8.28. The lowest BCUT2D eigenvalue weighted by Gasteiger charge is -2.28. The summed E-state index contributed by atoms with van der Waals surface area (Å²) in [5.41, 5.74) is 1.61. The maximum absolute atomic E-state index is 13.3. The van der Waals surface area contributed by atoms with E-state index in [9.17, 15) is 14.4 Å². The molecule has 0 fully saturated rings. The van der Waals surface area contributed by atoms with Gasteiger partial charge in [-0.3, -0.25) is 14.4 Å². The zero-order valence-electron chi connectivity index (χ0n) is 15.5. The van der Waals surface area contributed by atoms with Crippen LogP contribution in [-0.4, -0.2) is 28.7 Å². The molecule has 0 radical (unpaired) electrons. The SMILES string of the molecule is O=C(NCc1cccs1)C1C(=O)Nc2ccccc2C(=O)N1Cc1ccccc1. The first-order valence-corrected chi connectivity index (χ1v) is 10.1. The van der Waals surface area contributed by atoms with Crippen molar-refractivity contribution in [1.29, 1.82) is 0 Å². The van der Waals surface area contributed by atoms with Crippen LogP contribution in [0.2, 0.25) is 0 Å². The standard InChI is InChI=1S/C22H19N3O3S/c26-20(23-13-16-9-6-12-29-16)19-21(27)24-18-11-5-4-10-17(18)22(28)25(19)14-15-7-2-1-3-8-15/h1-12,19H,13-14H2,(H,23,26)(H,24,27). The second-order valence-corrected chi connectivity index (χ2v) is 7.69. The molecular formula is C22H19N3O3S. The van der Waals surface area contributed by atoms with Crippen molar-refractivity contribution >= 4 is 34.7 Å². The maximum Gasteiger partial charge on any atom is 0.257 e. The molecule has 0 saturated heterocycles. The highest BCUT2D eigenvalue weighted by Gasteiger charge is 2.40. The first-order chi connectivity index (χ1) is 14.1. The molecule has 4 rings (SSSR count). The summed E-state index contributed by atoms with van der Waals surface area (Å²) in [5.74, 6) is -1.39. The first-order valence-electron chi connectivity index (χ1n) is 9.18. The molecule has 2 aromatic carbocycles. The van der Waals surface area contributed by atoms with Gasteiger partial charge < -0.3 is 15.5 Å². The Morgan fingerprint density at radius 3 is 2.52 bits per heavy atom. The molecule has 2 heterocycles. The highest BCUT2D eigenvalue weighted by molar-refractivity contribution is 7.09. The summed E-state index contributed by atoms with van der Waals surface area (Å²) < 4.78 is 0. The van der Waals surface area contributed by atoms with E-state index in [2.05, 4.69) is 10.6 Å². The van der Waals surface area contributed by atoms with Crippen LogP contribution in [0.1, 0.15) is 20.8 Å². The molecule has 29 heavy (non-hydrogen) atoms. The molecule has 3 amide bonds. The van der Waals surface area contributed by atoms with Gasteiger partial charge in [-0.2, -0.15) is 0 Å². The van der Waals surface area contributed by atoms with Crippen molar-refractivity contribution in [2.24, 2.45) is 0 Å². The molecule has 7 heteroatoms. The summed E-state index contributed by atoms with van der Waals surface area (Å²) in [4.78, 5) is 41.5. The number of thiophene rings is 1. The monoisotopic (exact) mass is 405 g/mol. The fourth-order valence-electron chi connectivity index (χ4n) is 3.28. The predicted octanol–water partition coefficient (Wildman–Crippen LogP) is 3.03. The fraction of sp³-hybridized carbons (Fsp3) is 0.136. The molecule has 146 valence electrons. The number of amides is 3. The van der Waals surface area contributed by atoms with Crippen molar-refractivity contribution < 1.29 is 14.4 Å². The Balaban J connectivity index is 1.66. The maximum atomic E-state index is 13.3. The summed E-state index contributed by atoms with van der Waals surface area (Å²) in [6, 6.07) is 18.6. The number of para-hydroxylation sites is 1. The highest BCUT2D eigenvalue weighted by Crippen LogP contribution is 2.25. The van der Waals surface area contributed by atoms with Gasteiger partial charge in [-0.05, 0) is 29.1 Å². The fourth-order valence-corrected chi connectivity index (χ4v) is 3.93. The molecule has 0 aliphatic carbocycles. The number of fused-ring (bicyclic) bond motifs is 1. The van der Waals surface area contributed by atoms with Crippen molar-refractivity contribution in [3.63, 3.8) is 0 Å². The molecule has 1 atom stereocenters. The first kappa shape index (κ1) is 18.9. The smallest absolute Gasteiger partial charge is 0.257 e. The van der Waals surface area contributed by atoms with Gasteiger partial charge in [0, 0.05) is 11.4 Å². The number of rotatable bonds is 5. The van der Waals surface area contributed by atoms with E-state index < -0.39 is 17.9 Å². The van der Waals surface area contributed by atoms with Crippen LogP contribution < -0.4 is 10.6 Å². The number of nitrogens with one attached hydrogen (secondary N) is 2. The lowest BCUT2D eigenvalue weighted by Crippen LogP contribution is -2.53. The molecule has 0 spiro atoms. The summed E-state index contributed by atoms with van der Waals surface area (Å²) in [7, 11) is 0. The molecule has 2 N–H and O–H groups in total. The Kier molecular flexibility index (Phi) is 5.39. The molecule has 3 aromatic rings. The van der Waals surface area contributed by atoms with Gasteiger partial charge in [0.1, 0.15) is 0 Å². The number of carbonyl (C=O) groups excluding carboxylic acids is 3. The lowest BCUT2D eigenvalue weighted by atomic mass is 10.1. The Morgan fingerprint density at radius 2 is 1.76 bits per heavy atom. The van der Waals surface area contributed by atoms with Gasteiger partial charge in [0.25, 0.3) is 17.7 Å². The summed E-state index contributed by atoms with van der Waals surface area (Å²) >= 11 is 1.51.